The summed E-state index contributed by atoms with van der Waals surface area (Å²) in [4.78, 5) is 38.6. The predicted molar refractivity (Wildman–Crippen MR) is 110 cm³/mol. The minimum atomic E-state index is -0.565. The van der Waals surface area contributed by atoms with E-state index in [2.05, 4.69) is 5.32 Å². The molecular formula is C22H19N3O4. The second kappa shape index (κ2) is 7.63. The highest BCUT2D eigenvalue weighted by atomic mass is 16.3. The van der Waals surface area contributed by atoms with Gasteiger partial charge in [0.15, 0.2) is 0 Å². The Labute approximate surface area is 165 Å². The number of rotatable bonds is 5. The molecule has 146 valence electrons. The maximum absolute atomic E-state index is 13.1. The van der Waals surface area contributed by atoms with Crippen LogP contribution in [0.3, 0.4) is 0 Å². The van der Waals surface area contributed by atoms with Gasteiger partial charge in [-0.25, -0.2) is 4.79 Å². The molecule has 1 N–H and O–H groups in total. The van der Waals surface area contributed by atoms with Crippen LogP contribution in [0.1, 0.15) is 11.3 Å². The Morgan fingerprint density at radius 1 is 0.966 bits per heavy atom. The number of carbonyl (C=O) groups excluding carboxylic acids is 1. The summed E-state index contributed by atoms with van der Waals surface area (Å²) in [5.74, 6) is 0.130. The lowest BCUT2D eigenvalue weighted by atomic mass is 10.2. The molecule has 7 nitrogen and oxygen atoms in total. The highest BCUT2D eigenvalue weighted by molar-refractivity contribution is 5.92. The van der Waals surface area contributed by atoms with Crippen LogP contribution in [0.25, 0.3) is 10.9 Å². The molecule has 29 heavy (non-hydrogen) atoms. The first-order chi connectivity index (χ1) is 14.0. The van der Waals surface area contributed by atoms with E-state index in [0.29, 0.717) is 22.4 Å². The van der Waals surface area contributed by atoms with Gasteiger partial charge < -0.3 is 9.73 Å². The van der Waals surface area contributed by atoms with Crippen molar-refractivity contribution in [1.82, 2.24) is 9.13 Å². The number of carbonyl (C=O) groups is 1. The molecule has 0 aliphatic carbocycles. The fraction of sp³-hybridized carbons (Fsp3) is 0.136. The lowest BCUT2D eigenvalue weighted by Crippen LogP contribution is -2.42. The zero-order valence-corrected chi connectivity index (χ0v) is 15.8. The first-order valence-corrected chi connectivity index (χ1v) is 9.15. The number of nitrogens with zero attached hydrogens (tertiary/aromatic N) is 2. The minimum Gasteiger partial charge on any atom is -0.467 e. The number of hydrogen-bond donors (Lipinski definition) is 1. The van der Waals surface area contributed by atoms with E-state index in [1.54, 1.807) is 42.5 Å². The molecule has 2 aromatic heterocycles. The van der Waals surface area contributed by atoms with Crippen molar-refractivity contribution in [3.63, 3.8) is 0 Å². The van der Waals surface area contributed by atoms with Gasteiger partial charge in [0.05, 0.1) is 23.7 Å². The number of para-hydroxylation sites is 2. The largest absolute Gasteiger partial charge is 0.467 e. The summed E-state index contributed by atoms with van der Waals surface area (Å²) < 4.78 is 7.68. The highest BCUT2D eigenvalue weighted by Gasteiger charge is 2.16. The van der Waals surface area contributed by atoms with Crippen LogP contribution in [-0.4, -0.2) is 15.0 Å². The van der Waals surface area contributed by atoms with Crippen molar-refractivity contribution >= 4 is 22.5 Å². The van der Waals surface area contributed by atoms with Crippen LogP contribution in [0.4, 0.5) is 5.69 Å². The van der Waals surface area contributed by atoms with Gasteiger partial charge in [0.2, 0.25) is 5.91 Å². The van der Waals surface area contributed by atoms with Gasteiger partial charge in [-0.05, 0) is 42.8 Å². The molecule has 1 amide bonds. The Kier molecular flexibility index (Phi) is 4.87. The maximum Gasteiger partial charge on any atom is 0.332 e. The van der Waals surface area contributed by atoms with Crippen molar-refractivity contribution in [2.45, 2.75) is 20.0 Å². The Bertz CT molecular complexity index is 1300. The zero-order valence-electron chi connectivity index (χ0n) is 15.8. The molecule has 0 atom stereocenters. The summed E-state index contributed by atoms with van der Waals surface area (Å²) in [6, 6.07) is 17.5. The third-order valence-electron chi connectivity index (χ3n) is 4.75. The van der Waals surface area contributed by atoms with E-state index >= 15 is 0 Å². The van der Waals surface area contributed by atoms with Crippen LogP contribution in [0.15, 0.2) is 80.9 Å². The lowest BCUT2D eigenvalue weighted by molar-refractivity contribution is -0.116. The highest BCUT2D eigenvalue weighted by Crippen LogP contribution is 2.14. The molecule has 0 saturated carbocycles. The number of nitrogens with one attached hydrogen (secondary N) is 1. The lowest BCUT2D eigenvalue weighted by Gasteiger charge is -2.14. The number of aryl methyl sites for hydroxylation is 1. The van der Waals surface area contributed by atoms with E-state index in [-0.39, 0.29) is 19.0 Å². The SMILES string of the molecule is Cc1ccccc1NC(=O)Cn1c(=O)n(Cc2ccco2)c(=O)c2ccccc21. The van der Waals surface area contributed by atoms with Gasteiger partial charge in [-0.15, -0.1) is 0 Å². The van der Waals surface area contributed by atoms with Crippen molar-refractivity contribution < 1.29 is 9.21 Å². The number of hydrogen-bond acceptors (Lipinski definition) is 4. The first-order valence-electron chi connectivity index (χ1n) is 9.15. The van der Waals surface area contributed by atoms with Gasteiger partial charge in [-0.3, -0.25) is 18.7 Å². The van der Waals surface area contributed by atoms with Gasteiger partial charge in [-0.2, -0.15) is 0 Å². The van der Waals surface area contributed by atoms with Crippen molar-refractivity contribution in [2.75, 3.05) is 5.32 Å². The molecule has 4 rings (SSSR count). The third-order valence-corrected chi connectivity index (χ3v) is 4.75. The third kappa shape index (κ3) is 3.62. The monoisotopic (exact) mass is 389 g/mol. The zero-order chi connectivity index (χ0) is 20.4. The van der Waals surface area contributed by atoms with E-state index in [1.807, 2.05) is 25.1 Å². The van der Waals surface area contributed by atoms with Crippen molar-refractivity contribution in [2.24, 2.45) is 0 Å². The van der Waals surface area contributed by atoms with Crippen molar-refractivity contribution in [1.29, 1.82) is 0 Å². The smallest absolute Gasteiger partial charge is 0.332 e. The van der Waals surface area contributed by atoms with Gasteiger partial charge in [0.25, 0.3) is 5.56 Å². The Hall–Kier alpha value is -3.87. The van der Waals surface area contributed by atoms with Gasteiger partial charge in [-0.1, -0.05) is 30.3 Å². The Balaban J connectivity index is 1.77. The summed E-state index contributed by atoms with van der Waals surface area (Å²) in [5, 5.41) is 3.19. The fourth-order valence-corrected chi connectivity index (χ4v) is 3.27. The summed E-state index contributed by atoms with van der Waals surface area (Å²) in [5.41, 5.74) is 1.03. The average Bonchev–Trinajstić information content (AvgIpc) is 3.23. The molecule has 2 heterocycles. The van der Waals surface area contributed by atoms with Crippen LogP contribution in [0.5, 0.6) is 0 Å². The number of furan rings is 1. The molecule has 0 radical (unpaired) electrons. The summed E-state index contributed by atoms with van der Waals surface area (Å²) >= 11 is 0. The maximum atomic E-state index is 13.1. The summed E-state index contributed by atoms with van der Waals surface area (Å²) in [6.45, 7) is 1.67. The van der Waals surface area contributed by atoms with Gasteiger partial charge in [0.1, 0.15) is 12.3 Å². The molecule has 0 fully saturated rings. The molecule has 0 bridgehead atoms. The van der Waals surface area contributed by atoms with Gasteiger partial charge in [0, 0.05) is 5.69 Å². The van der Waals surface area contributed by atoms with Gasteiger partial charge >= 0.3 is 5.69 Å². The van der Waals surface area contributed by atoms with Crippen LogP contribution in [0.2, 0.25) is 0 Å². The molecule has 0 spiro atoms. The topological polar surface area (TPSA) is 86.2 Å². The van der Waals surface area contributed by atoms with Crippen LogP contribution in [-0.2, 0) is 17.9 Å². The minimum absolute atomic E-state index is 0.00505. The molecule has 0 aliphatic heterocycles. The van der Waals surface area contributed by atoms with Crippen molar-refractivity contribution in [3.8, 4) is 0 Å². The van der Waals surface area contributed by atoms with Crippen LogP contribution in [0, 0.1) is 6.92 Å². The predicted octanol–water partition coefficient (Wildman–Crippen LogP) is 2.75. The number of anilines is 1. The quantitative estimate of drug-likeness (QED) is 0.569. The molecule has 2 aromatic carbocycles. The standard InChI is InChI=1S/C22H19N3O4/c1-15-7-2-4-10-18(15)23-20(26)14-24-19-11-5-3-9-17(19)21(27)25(22(24)28)13-16-8-6-12-29-16/h2-12H,13-14H2,1H3,(H,23,26). The van der Waals surface area contributed by atoms with E-state index < -0.39 is 11.2 Å². The second-order valence-electron chi connectivity index (χ2n) is 6.72. The molecule has 0 unspecified atom stereocenters. The molecule has 0 saturated heterocycles. The Morgan fingerprint density at radius 2 is 1.72 bits per heavy atom. The van der Waals surface area contributed by atoms with Crippen LogP contribution >= 0.6 is 0 Å². The number of amides is 1. The molecule has 4 aromatic rings. The normalized spacial score (nSPS) is 10.9. The van der Waals surface area contributed by atoms with E-state index in [1.165, 1.54) is 10.8 Å². The van der Waals surface area contributed by atoms with E-state index in [0.717, 1.165) is 10.1 Å². The number of fused-ring (bicyclic) bond motifs is 1. The molecule has 7 heteroatoms. The fourth-order valence-electron chi connectivity index (χ4n) is 3.27. The summed E-state index contributed by atoms with van der Waals surface area (Å²) in [7, 11) is 0. The molecule has 0 aliphatic rings. The molecular weight excluding hydrogens is 370 g/mol. The van der Waals surface area contributed by atoms with E-state index in [9.17, 15) is 14.4 Å². The van der Waals surface area contributed by atoms with E-state index in [4.69, 9.17) is 4.42 Å². The Morgan fingerprint density at radius 3 is 2.48 bits per heavy atom. The summed E-state index contributed by atoms with van der Waals surface area (Å²) in [6.07, 6.45) is 1.48. The first kappa shape index (κ1) is 18.5. The second-order valence-corrected chi connectivity index (χ2v) is 6.72. The number of aromatic nitrogens is 2. The van der Waals surface area contributed by atoms with Crippen molar-refractivity contribution in [3.05, 3.63) is 99.1 Å². The average molecular weight is 389 g/mol. The number of benzene rings is 2. The van der Waals surface area contributed by atoms with Crippen LogP contribution < -0.4 is 16.6 Å².